The zero-order valence-electron chi connectivity index (χ0n) is 16.1. The summed E-state index contributed by atoms with van der Waals surface area (Å²) in [6.07, 6.45) is 0.731. The van der Waals surface area contributed by atoms with E-state index in [2.05, 4.69) is 15.6 Å². The fourth-order valence-electron chi connectivity index (χ4n) is 3.14. The topological polar surface area (TPSA) is 80.3 Å². The number of carbonyl (C=O) groups is 2. The van der Waals surface area contributed by atoms with Crippen LogP contribution < -0.4 is 10.6 Å². The van der Waals surface area contributed by atoms with Gasteiger partial charge in [0.1, 0.15) is 12.8 Å². The number of alkyl halides is 1. The van der Waals surface area contributed by atoms with Crippen LogP contribution in [0.5, 0.6) is 0 Å². The number of halogens is 3. The first-order valence-electron chi connectivity index (χ1n) is 9.60. The van der Waals surface area contributed by atoms with Crippen LogP contribution in [0.2, 0.25) is 10.0 Å². The standard InChI is InChI=1S/C20H22Cl2FN3O3S/c21-14-4-3-12(8-15(14)22)16-11-30-18(25-16)9-17(29-7-5-23)20(28)26-19(27)13-2-1-6-24-10-13/h3-4,8,11,13,17,24H,1-2,5-7,9-10H2,(H,26,27,28)/t13?,17-/m0/s1. The summed E-state index contributed by atoms with van der Waals surface area (Å²) < 4.78 is 18.0. The maximum atomic E-state index is 12.6. The molecule has 1 saturated heterocycles. The van der Waals surface area contributed by atoms with E-state index in [-0.39, 0.29) is 24.9 Å². The van der Waals surface area contributed by atoms with E-state index >= 15 is 0 Å². The molecule has 0 bridgehead atoms. The van der Waals surface area contributed by atoms with E-state index in [4.69, 9.17) is 27.9 Å². The Kier molecular flexibility index (Phi) is 8.59. The van der Waals surface area contributed by atoms with Crippen LogP contribution in [0.1, 0.15) is 17.8 Å². The monoisotopic (exact) mass is 473 g/mol. The van der Waals surface area contributed by atoms with Gasteiger partial charge in [-0.25, -0.2) is 9.37 Å². The molecule has 30 heavy (non-hydrogen) atoms. The van der Waals surface area contributed by atoms with E-state index in [0.717, 1.165) is 24.9 Å². The van der Waals surface area contributed by atoms with Crippen LogP contribution in [-0.2, 0) is 20.7 Å². The smallest absolute Gasteiger partial charge is 0.256 e. The van der Waals surface area contributed by atoms with Crippen molar-refractivity contribution in [1.82, 2.24) is 15.6 Å². The van der Waals surface area contributed by atoms with Crippen molar-refractivity contribution in [3.8, 4) is 11.3 Å². The molecule has 2 heterocycles. The summed E-state index contributed by atoms with van der Waals surface area (Å²) in [4.78, 5) is 29.5. The molecular formula is C20H22Cl2FN3O3S. The third kappa shape index (κ3) is 6.21. The first kappa shape index (κ1) is 23.1. The molecule has 2 aromatic rings. The van der Waals surface area contributed by atoms with Crippen molar-refractivity contribution in [1.29, 1.82) is 0 Å². The van der Waals surface area contributed by atoms with Gasteiger partial charge in [-0.2, -0.15) is 0 Å². The SMILES string of the molecule is O=C(NC(=O)[C@H](Cc1nc(-c2ccc(Cl)c(Cl)c2)cs1)OCCF)C1CCCNC1. The number of hydrogen-bond donors (Lipinski definition) is 2. The van der Waals surface area contributed by atoms with Crippen LogP contribution in [0.3, 0.4) is 0 Å². The summed E-state index contributed by atoms with van der Waals surface area (Å²) in [6.45, 7) is 0.443. The van der Waals surface area contributed by atoms with Gasteiger partial charge in [-0.3, -0.25) is 14.9 Å². The van der Waals surface area contributed by atoms with Gasteiger partial charge in [0.25, 0.3) is 5.91 Å². The third-order valence-electron chi connectivity index (χ3n) is 4.73. The lowest BCUT2D eigenvalue weighted by atomic mass is 9.99. The second kappa shape index (κ2) is 11.2. The molecule has 0 saturated carbocycles. The molecule has 1 fully saturated rings. The molecule has 3 rings (SSSR count). The minimum absolute atomic E-state index is 0.133. The Balaban J connectivity index is 1.66. The summed E-state index contributed by atoms with van der Waals surface area (Å²) in [7, 11) is 0. The van der Waals surface area contributed by atoms with Crippen molar-refractivity contribution < 1.29 is 18.7 Å². The quantitative estimate of drug-likeness (QED) is 0.611. The molecule has 0 radical (unpaired) electrons. The molecule has 1 aromatic carbocycles. The number of nitrogens with one attached hydrogen (secondary N) is 2. The number of piperidine rings is 1. The summed E-state index contributed by atoms with van der Waals surface area (Å²) in [5.74, 6) is -1.17. The average molecular weight is 474 g/mol. The highest BCUT2D eigenvalue weighted by atomic mass is 35.5. The average Bonchev–Trinajstić information content (AvgIpc) is 3.22. The lowest BCUT2D eigenvalue weighted by molar-refractivity contribution is -0.140. The number of ether oxygens (including phenoxy) is 1. The van der Waals surface area contributed by atoms with Crippen LogP contribution >= 0.6 is 34.5 Å². The van der Waals surface area contributed by atoms with Gasteiger partial charge in [-0.15, -0.1) is 11.3 Å². The molecular weight excluding hydrogens is 452 g/mol. The number of nitrogens with zero attached hydrogens (tertiary/aromatic N) is 1. The lowest BCUT2D eigenvalue weighted by Gasteiger charge is -2.22. The molecule has 2 atom stereocenters. The van der Waals surface area contributed by atoms with Gasteiger partial charge in [0, 0.05) is 23.9 Å². The molecule has 0 aliphatic carbocycles. The van der Waals surface area contributed by atoms with Gasteiger partial charge in [-0.05, 0) is 31.5 Å². The second-order valence-corrected chi connectivity index (χ2v) is 8.66. The lowest BCUT2D eigenvalue weighted by Crippen LogP contribution is -2.47. The normalized spacial score (nSPS) is 17.5. The molecule has 162 valence electrons. The number of benzene rings is 1. The number of aromatic nitrogens is 1. The Bertz CT molecular complexity index is 890. The van der Waals surface area contributed by atoms with Gasteiger partial charge in [-0.1, -0.05) is 29.3 Å². The van der Waals surface area contributed by atoms with E-state index in [1.807, 2.05) is 5.38 Å². The third-order valence-corrected chi connectivity index (χ3v) is 6.34. The van der Waals surface area contributed by atoms with Gasteiger partial charge in [0.05, 0.1) is 33.3 Å². The van der Waals surface area contributed by atoms with E-state index in [0.29, 0.717) is 27.3 Å². The molecule has 10 heteroatoms. The van der Waals surface area contributed by atoms with Gasteiger partial charge in [0.15, 0.2) is 0 Å². The Hall–Kier alpha value is -1.58. The molecule has 1 aliphatic rings. The number of thiazole rings is 1. The van der Waals surface area contributed by atoms with Gasteiger partial charge in [0.2, 0.25) is 5.91 Å². The van der Waals surface area contributed by atoms with Crippen LogP contribution in [0.4, 0.5) is 4.39 Å². The predicted molar refractivity (Wildman–Crippen MR) is 116 cm³/mol. The van der Waals surface area contributed by atoms with E-state index in [1.165, 1.54) is 11.3 Å². The van der Waals surface area contributed by atoms with Crippen molar-refractivity contribution in [2.45, 2.75) is 25.4 Å². The maximum Gasteiger partial charge on any atom is 0.256 e. The van der Waals surface area contributed by atoms with Crippen LogP contribution in [0.15, 0.2) is 23.6 Å². The molecule has 0 spiro atoms. The molecule has 2 amide bonds. The Morgan fingerprint density at radius 2 is 2.20 bits per heavy atom. The van der Waals surface area contributed by atoms with Crippen LogP contribution in [0, 0.1) is 5.92 Å². The number of hydrogen-bond acceptors (Lipinski definition) is 6. The fourth-order valence-corrected chi connectivity index (χ4v) is 4.28. The zero-order valence-corrected chi connectivity index (χ0v) is 18.5. The van der Waals surface area contributed by atoms with Crippen LogP contribution in [-0.4, -0.2) is 49.3 Å². The molecule has 6 nitrogen and oxygen atoms in total. The van der Waals surface area contributed by atoms with E-state index in [9.17, 15) is 14.0 Å². The van der Waals surface area contributed by atoms with E-state index < -0.39 is 18.7 Å². The number of carbonyl (C=O) groups excluding carboxylic acids is 2. The van der Waals surface area contributed by atoms with Crippen molar-refractivity contribution in [2.75, 3.05) is 26.4 Å². The zero-order chi connectivity index (χ0) is 21.5. The van der Waals surface area contributed by atoms with Crippen LogP contribution in [0.25, 0.3) is 11.3 Å². The van der Waals surface area contributed by atoms with Gasteiger partial charge < -0.3 is 10.1 Å². The van der Waals surface area contributed by atoms with Crippen molar-refractivity contribution in [3.63, 3.8) is 0 Å². The molecule has 1 aliphatic heterocycles. The number of rotatable bonds is 8. The highest BCUT2D eigenvalue weighted by Crippen LogP contribution is 2.29. The maximum absolute atomic E-state index is 12.6. The summed E-state index contributed by atoms with van der Waals surface area (Å²) in [6, 6.07) is 5.20. The molecule has 1 aromatic heterocycles. The van der Waals surface area contributed by atoms with Crippen molar-refractivity contribution in [2.24, 2.45) is 5.92 Å². The molecule has 2 N–H and O–H groups in total. The Morgan fingerprint density at radius 3 is 2.90 bits per heavy atom. The summed E-state index contributed by atoms with van der Waals surface area (Å²) >= 11 is 13.4. The Morgan fingerprint density at radius 1 is 1.37 bits per heavy atom. The second-order valence-electron chi connectivity index (χ2n) is 6.90. The highest BCUT2D eigenvalue weighted by Gasteiger charge is 2.27. The minimum Gasteiger partial charge on any atom is -0.365 e. The van der Waals surface area contributed by atoms with E-state index in [1.54, 1.807) is 18.2 Å². The predicted octanol–water partition coefficient (Wildman–Crippen LogP) is 3.66. The van der Waals surface area contributed by atoms with Crippen molar-refractivity contribution in [3.05, 3.63) is 38.6 Å². The van der Waals surface area contributed by atoms with Crippen molar-refractivity contribution >= 4 is 46.4 Å². The number of amides is 2. The largest absolute Gasteiger partial charge is 0.365 e. The summed E-state index contributed by atoms with van der Waals surface area (Å²) in [5, 5.41) is 8.88. The molecule has 1 unspecified atom stereocenters. The fraction of sp³-hybridized carbons (Fsp3) is 0.450. The first-order chi connectivity index (χ1) is 14.5. The highest BCUT2D eigenvalue weighted by molar-refractivity contribution is 7.10. The first-order valence-corrected chi connectivity index (χ1v) is 11.2. The Labute approximate surface area is 188 Å². The number of imide groups is 1. The minimum atomic E-state index is -1.01. The van der Waals surface area contributed by atoms with Gasteiger partial charge >= 0.3 is 0 Å². The summed E-state index contributed by atoms with van der Waals surface area (Å²) in [5.41, 5.74) is 1.47.